The summed E-state index contributed by atoms with van der Waals surface area (Å²) in [6, 6.07) is 17.1. The van der Waals surface area contributed by atoms with Crippen molar-refractivity contribution in [2.24, 2.45) is 0 Å². The molecule has 2 aromatic rings. The average Bonchev–Trinajstić information content (AvgIpc) is 3.46. The first-order valence-electron chi connectivity index (χ1n) is 9.25. The Hall–Kier alpha value is -2.19. The Balaban J connectivity index is 1.82. The second kappa shape index (κ2) is 6.61. The molecule has 2 aliphatic rings. The van der Waals surface area contributed by atoms with E-state index in [4.69, 9.17) is 4.74 Å². The average molecular weight is 332 g/mol. The van der Waals surface area contributed by atoms with Gasteiger partial charge in [-0.05, 0) is 35.1 Å². The van der Waals surface area contributed by atoms with E-state index in [9.17, 15) is 4.79 Å². The lowest BCUT2D eigenvalue weighted by molar-refractivity contribution is -0.121. The number of Topliss-reactive ketones (excluding diaryl/α,β-unsaturated/α-hetero) is 1. The van der Waals surface area contributed by atoms with Gasteiger partial charge in [-0.15, -0.1) is 0 Å². The third-order valence-corrected chi connectivity index (χ3v) is 5.43. The number of fused-ring (bicyclic) bond motifs is 3. The number of hydrogen-bond donors (Lipinski definition) is 0. The number of allylic oxidation sites excluding steroid dienone is 2. The standard InChI is InChI=1S/C23H24O2/c1-2-3-4-9-14-23(15-21(24)22-16-25-22)19-12-7-5-10-17(19)18-11-6-8-13-20(18)23/h4-13,22H,2-3,14-16H2,1H3/b9-4-. The summed E-state index contributed by atoms with van der Waals surface area (Å²) in [6.45, 7) is 2.78. The Morgan fingerprint density at radius 3 is 2.24 bits per heavy atom. The van der Waals surface area contributed by atoms with Crippen molar-refractivity contribution in [3.8, 4) is 11.1 Å². The summed E-state index contributed by atoms with van der Waals surface area (Å²) in [5, 5.41) is 0. The molecular formula is C23H24O2. The molecule has 1 aliphatic heterocycles. The number of rotatable bonds is 7. The topological polar surface area (TPSA) is 29.6 Å². The van der Waals surface area contributed by atoms with Crippen molar-refractivity contribution in [2.75, 3.05) is 6.61 Å². The third kappa shape index (κ3) is 2.85. The lowest BCUT2D eigenvalue weighted by atomic mass is 9.71. The summed E-state index contributed by atoms with van der Waals surface area (Å²) in [6.07, 6.45) is 7.94. The van der Waals surface area contributed by atoms with Crippen LogP contribution in [0.4, 0.5) is 0 Å². The summed E-state index contributed by atoms with van der Waals surface area (Å²) in [5.74, 6) is 0.232. The van der Waals surface area contributed by atoms with Crippen LogP contribution in [-0.4, -0.2) is 18.5 Å². The van der Waals surface area contributed by atoms with Crippen LogP contribution in [0.1, 0.15) is 43.7 Å². The smallest absolute Gasteiger partial charge is 0.165 e. The van der Waals surface area contributed by atoms with Crippen molar-refractivity contribution in [2.45, 2.75) is 44.1 Å². The van der Waals surface area contributed by atoms with Crippen LogP contribution in [0.25, 0.3) is 11.1 Å². The van der Waals surface area contributed by atoms with Gasteiger partial charge in [-0.25, -0.2) is 0 Å². The van der Waals surface area contributed by atoms with Gasteiger partial charge < -0.3 is 4.74 Å². The minimum atomic E-state index is -0.263. The number of epoxide rings is 1. The highest BCUT2D eigenvalue weighted by molar-refractivity contribution is 5.90. The van der Waals surface area contributed by atoms with Crippen molar-refractivity contribution in [1.82, 2.24) is 0 Å². The Morgan fingerprint density at radius 2 is 1.68 bits per heavy atom. The van der Waals surface area contributed by atoms with E-state index >= 15 is 0 Å². The van der Waals surface area contributed by atoms with E-state index in [1.807, 2.05) is 0 Å². The van der Waals surface area contributed by atoms with Crippen molar-refractivity contribution < 1.29 is 9.53 Å². The number of ether oxygens (including phenoxy) is 1. The van der Waals surface area contributed by atoms with E-state index in [-0.39, 0.29) is 17.3 Å². The molecule has 128 valence electrons. The van der Waals surface area contributed by atoms with Gasteiger partial charge in [0.05, 0.1) is 6.61 Å². The van der Waals surface area contributed by atoms with Crippen LogP contribution in [0.2, 0.25) is 0 Å². The molecule has 0 radical (unpaired) electrons. The first-order chi connectivity index (χ1) is 12.3. The Labute approximate surface area is 149 Å². The number of benzene rings is 2. The fourth-order valence-electron chi connectivity index (χ4n) is 4.11. The number of carbonyl (C=O) groups excluding carboxylic acids is 1. The molecule has 4 rings (SSSR count). The minimum Gasteiger partial charge on any atom is -0.365 e. The van der Waals surface area contributed by atoms with Crippen LogP contribution in [0.15, 0.2) is 60.7 Å². The largest absolute Gasteiger partial charge is 0.365 e. The molecule has 1 fully saturated rings. The molecule has 0 saturated carbocycles. The van der Waals surface area contributed by atoms with Crippen LogP contribution >= 0.6 is 0 Å². The van der Waals surface area contributed by atoms with Crippen LogP contribution in [0.3, 0.4) is 0 Å². The van der Waals surface area contributed by atoms with Crippen LogP contribution < -0.4 is 0 Å². The van der Waals surface area contributed by atoms with Gasteiger partial charge in [-0.1, -0.05) is 74.0 Å². The molecule has 1 atom stereocenters. The lowest BCUT2D eigenvalue weighted by Gasteiger charge is -2.30. The van der Waals surface area contributed by atoms with Crippen molar-refractivity contribution >= 4 is 5.78 Å². The molecule has 1 unspecified atom stereocenters. The van der Waals surface area contributed by atoms with Gasteiger partial charge in [0.15, 0.2) is 5.78 Å². The van der Waals surface area contributed by atoms with Crippen LogP contribution in [-0.2, 0) is 14.9 Å². The number of carbonyl (C=O) groups is 1. The number of ketones is 1. The minimum absolute atomic E-state index is 0.184. The van der Waals surface area contributed by atoms with Gasteiger partial charge in [-0.3, -0.25) is 4.79 Å². The van der Waals surface area contributed by atoms with E-state index in [0.29, 0.717) is 13.0 Å². The van der Waals surface area contributed by atoms with E-state index in [1.54, 1.807) is 0 Å². The predicted molar refractivity (Wildman–Crippen MR) is 101 cm³/mol. The fourth-order valence-corrected chi connectivity index (χ4v) is 4.11. The summed E-state index contributed by atoms with van der Waals surface area (Å²) < 4.78 is 5.28. The molecule has 1 heterocycles. The van der Waals surface area contributed by atoms with E-state index < -0.39 is 0 Å². The fraction of sp³-hybridized carbons (Fsp3) is 0.348. The van der Waals surface area contributed by atoms with Crippen molar-refractivity contribution in [1.29, 1.82) is 0 Å². The molecule has 0 aromatic heterocycles. The van der Waals surface area contributed by atoms with Gasteiger partial charge in [0.1, 0.15) is 6.10 Å². The molecule has 0 amide bonds. The second-order valence-corrected chi connectivity index (χ2v) is 7.10. The molecule has 2 heteroatoms. The van der Waals surface area contributed by atoms with E-state index in [1.165, 1.54) is 22.3 Å². The molecule has 1 saturated heterocycles. The SMILES string of the molecule is CCC/C=C\CC1(CC(=O)C2CO2)c2ccccc2-c2ccccc21. The highest BCUT2D eigenvalue weighted by Crippen LogP contribution is 2.53. The molecule has 2 aromatic carbocycles. The maximum atomic E-state index is 12.7. The Kier molecular flexibility index (Phi) is 4.30. The van der Waals surface area contributed by atoms with E-state index in [0.717, 1.165) is 19.3 Å². The zero-order valence-corrected chi connectivity index (χ0v) is 14.7. The summed E-state index contributed by atoms with van der Waals surface area (Å²) in [7, 11) is 0. The van der Waals surface area contributed by atoms with Crippen LogP contribution in [0, 0.1) is 0 Å². The molecule has 0 spiro atoms. The monoisotopic (exact) mass is 332 g/mol. The van der Waals surface area contributed by atoms with Gasteiger partial charge in [-0.2, -0.15) is 0 Å². The van der Waals surface area contributed by atoms with Crippen LogP contribution in [0.5, 0.6) is 0 Å². The number of unbranched alkanes of at least 4 members (excludes halogenated alkanes) is 1. The summed E-state index contributed by atoms with van der Waals surface area (Å²) >= 11 is 0. The van der Waals surface area contributed by atoms with Gasteiger partial charge in [0.25, 0.3) is 0 Å². The molecule has 25 heavy (non-hydrogen) atoms. The second-order valence-electron chi connectivity index (χ2n) is 7.10. The molecule has 0 N–H and O–H groups in total. The summed E-state index contributed by atoms with van der Waals surface area (Å²) in [5.41, 5.74) is 4.84. The third-order valence-electron chi connectivity index (χ3n) is 5.43. The molecule has 1 aliphatic carbocycles. The molecule has 0 bridgehead atoms. The highest BCUT2D eigenvalue weighted by atomic mass is 16.6. The maximum absolute atomic E-state index is 12.7. The normalized spacial score (nSPS) is 19.6. The van der Waals surface area contributed by atoms with Gasteiger partial charge in [0, 0.05) is 11.8 Å². The zero-order chi connectivity index (χ0) is 17.3. The van der Waals surface area contributed by atoms with Gasteiger partial charge in [0.2, 0.25) is 0 Å². The first-order valence-corrected chi connectivity index (χ1v) is 9.25. The Morgan fingerprint density at radius 1 is 1.08 bits per heavy atom. The summed E-state index contributed by atoms with van der Waals surface area (Å²) in [4.78, 5) is 12.7. The van der Waals surface area contributed by atoms with Crippen molar-refractivity contribution in [3.05, 3.63) is 71.8 Å². The Bertz CT molecular complexity index is 769. The lowest BCUT2D eigenvalue weighted by Crippen LogP contribution is -2.30. The predicted octanol–water partition coefficient (Wildman–Crippen LogP) is 5.06. The zero-order valence-electron chi connectivity index (χ0n) is 14.7. The molecule has 2 nitrogen and oxygen atoms in total. The quantitative estimate of drug-likeness (QED) is 0.524. The van der Waals surface area contributed by atoms with Gasteiger partial charge >= 0.3 is 0 Å². The highest BCUT2D eigenvalue weighted by Gasteiger charge is 2.46. The van der Waals surface area contributed by atoms with Crippen molar-refractivity contribution in [3.63, 3.8) is 0 Å². The maximum Gasteiger partial charge on any atom is 0.165 e. The first kappa shape index (κ1) is 16.3. The molecular weight excluding hydrogens is 308 g/mol. The van der Waals surface area contributed by atoms with E-state index in [2.05, 4.69) is 67.6 Å². The number of hydrogen-bond acceptors (Lipinski definition) is 2.